The zero-order valence-corrected chi connectivity index (χ0v) is 11.4. The Balaban J connectivity index is 1.98. The first-order valence-corrected chi connectivity index (χ1v) is 6.33. The lowest BCUT2D eigenvalue weighted by molar-refractivity contribution is -0.137. The molecule has 2 aromatic carbocycles. The van der Waals surface area contributed by atoms with E-state index in [-0.39, 0.29) is 12.2 Å². The number of rotatable bonds is 4. The Morgan fingerprint density at radius 1 is 1.10 bits per heavy atom. The highest BCUT2D eigenvalue weighted by Crippen LogP contribution is 2.29. The fraction of sp³-hybridized carbons (Fsp3) is 0.133. The molecule has 0 unspecified atom stereocenters. The van der Waals surface area contributed by atoms with Crippen LogP contribution in [0.5, 0.6) is 0 Å². The molecule has 2 rings (SSSR count). The van der Waals surface area contributed by atoms with E-state index in [2.05, 4.69) is 11.4 Å². The van der Waals surface area contributed by atoms with Crippen LogP contribution in [0.15, 0.2) is 53.7 Å². The fourth-order valence-electron chi connectivity index (χ4n) is 1.57. The average molecular weight is 313 g/mol. The quantitative estimate of drug-likeness (QED) is 0.588. The molecule has 0 aromatic heterocycles. The molecule has 1 radical (unpaired) electrons. The third-order valence-electron chi connectivity index (χ3n) is 2.61. The van der Waals surface area contributed by atoms with Crippen molar-refractivity contribution in [2.45, 2.75) is 12.8 Å². The van der Waals surface area contributed by atoms with Gasteiger partial charge in [0.05, 0.1) is 5.56 Å². The highest BCUT2D eigenvalue weighted by Gasteiger charge is 2.30. The maximum absolute atomic E-state index is 12.5. The zero-order valence-electron chi connectivity index (χ0n) is 10.7. The average Bonchev–Trinajstić information content (AvgIpc) is 2.45. The molecule has 2 nitrogen and oxygen atoms in total. The zero-order chi connectivity index (χ0) is 15.3. The highest BCUT2D eigenvalue weighted by atomic mass is 35.5. The van der Waals surface area contributed by atoms with Crippen molar-refractivity contribution < 1.29 is 18.0 Å². The van der Waals surface area contributed by atoms with E-state index in [1.165, 1.54) is 12.1 Å². The first kappa shape index (κ1) is 15.4. The van der Waals surface area contributed by atoms with Gasteiger partial charge in [0, 0.05) is 16.1 Å². The second-order valence-electron chi connectivity index (χ2n) is 4.15. The minimum Gasteiger partial charge on any atom is -0.390 e. The summed E-state index contributed by atoms with van der Waals surface area (Å²) in [5.74, 6) is 0. The van der Waals surface area contributed by atoms with E-state index in [0.717, 1.165) is 17.7 Å². The number of benzene rings is 2. The number of hydrogen-bond acceptors (Lipinski definition) is 2. The molecule has 21 heavy (non-hydrogen) atoms. The summed E-state index contributed by atoms with van der Waals surface area (Å²) < 4.78 is 37.6. The predicted octanol–water partition coefficient (Wildman–Crippen LogP) is 4.79. The number of hydrogen-bond donors (Lipinski definition) is 0. The molecular weight excluding hydrogens is 303 g/mol. The van der Waals surface area contributed by atoms with Gasteiger partial charge in [-0.1, -0.05) is 47.1 Å². The summed E-state index contributed by atoms with van der Waals surface area (Å²) in [5.41, 5.74) is 0.159. The van der Waals surface area contributed by atoms with Crippen LogP contribution < -0.4 is 0 Å². The molecule has 6 heteroatoms. The van der Waals surface area contributed by atoms with Crippen molar-refractivity contribution in [2.24, 2.45) is 5.16 Å². The largest absolute Gasteiger partial charge is 0.416 e. The van der Waals surface area contributed by atoms with Crippen LogP contribution in [0.1, 0.15) is 16.7 Å². The van der Waals surface area contributed by atoms with Gasteiger partial charge in [-0.2, -0.15) is 13.2 Å². The maximum atomic E-state index is 12.5. The van der Waals surface area contributed by atoms with E-state index in [0.29, 0.717) is 5.02 Å². The number of halogens is 4. The van der Waals surface area contributed by atoms with E-state index in [1.54, 1.807) is 24.3 Å². The van der Waals surface area contributed by atoms with Crippen LogP contribution in [0, 0.1) is 0 Å². The Labute approximate surface area is 124 Å². The van der Waals surface area contributed by atoms with Crippen LogP contribution in [0.3, 0.4) is 0 Å². The molecule has 0 amide bonds. The molecule has 0 saturated heterocycles. The van der Waals surface area contributed by atoms with E-state index in [9.17, 15) is 13.2 Å². The van der Waals surface area contributed by atoms with Gasteiger partial charge in [0.15, 0.2) is 0 Å². The molecule has 109 valence electrons. The van der Waals surface area contributed by atoms with Crippen molar-refractivity contribution in [3.8, 4) is 0 Å². The van der Waals surface area contributed by atoms with Crippen molar-refractivity contribution in [1.29, 1.82) is 0 Å². The first-order chi connectivity index (χ1) is 9.97. The van der Waals surface area contributed by atoms with Gasteiger partial charge in [0.2, 0.25) is 0 Å². The highest BCUT2D eigenvalue weighted by molar-refractivity contribution is 6.31. The molecule has 0 aliphatic carbocycles. The SMILES string of the molecule is FC(F)(F)c1cccc(/[C]=N\OCc2ccccc2Cl)c1. The molecule has 0 N–H and O–H groups in total. The minimum atomic E-state index is -4.39. The second-order valence-corrected chi connectivity index (χ2v) is 4.55. The Morgan fingerprint density at radius 3 is 2.57 bits per heavy atom. The molecule has 0 atom stereocenters. The Bertz CT molecular complexity index is 641. The van der Waals surface area contributed by atoms with Crippen LogP contribution in [0.2, 0.25) is 5.02 Å². The fourth-order valence-corrected chi connectivity index (χ4v) is 1.76. The van der Waals surface area contributed by atoms with Crippen molar-refractivity contribution >= 4 is 17.8 Å². The van der Waals surface area contributed by atoms with Gasteiger partial charge in [-0.15, -0.1) is 0 Å². The van der Waals surface area contributed by atoms with Crippen molar-refractivity contribution in [3.63, 3.8) is 0 Å². The van der Waals surface area contributed by atoms with Gasteiger partial charge in [-0.25, -0.2) is 0 Å². The van der Waals surface area contributed by atoms with E-state index in [4.69, 9.17) is 16.4 Å². The minimum absolute atomic E-state index is 0.117. The second kappa shape index (κ2) is 6.63. The maximum Gasteiger partial charge on any atom is 0.416 e. The number of nitrogens with zero attached hydrogens (tertiary/aromatic N) is 1. The molecule has 0 aliphatic heterocycles. The van der Waals surface area contributed by atoms with Gasteiger partial charge in [-0.05, 0) is 18.2 Å². The molecule has 2 aromatic rings. The van der Waals surface area contributed by atoms with Crippen molar-refractivity contribution in [3.05, 3.63) is 70.2 Å². The molecule has 0 fully saturated rings. The Morgan fingerprint density at radius 2 is 1.86 bits per heavy atom. The summed E-state index contributed by atoms with van der Waals surface area (Å²) in [5, 5.41) is 4.06. The Kier molecular flexibility index (Phi) is 4.85. The molecular formula is C15H10ClF3NO. The lowest BCUT2D eigenvalue weighted by Crippen LogP contribution is -2.05. The van der Waals surface area contributed by atoms with Crippen LogP contribution in [0.25, 0.3) is 0 Å². The summed E-state index contributed by atoms with van der Waals surface area (Å²) in [4.78, 5) is 4.98. The topological polar surface area (TPSA) is 21.6 Å². The van der Waals surface area contributed by atoms with Gasteiger partial charge >= 0.3 is 6.18 Å². The molecule has 0 aliphatic rings. The lowest BCUT2D eigenvalue weighted by atomic mass is 10.1. The van der Waals surface area contributed by atoms with Gasteiger partial charge in [0.1, 0.15) is 12.8 Å². The van der Waals surface area contributed by atoms with Gasteiger partial charge in [-0.3, -0.25) is 0 Å². The summed E-state index contributed by atoms with van der Waals surface area (Å²) in [6.45, 7) is 0.117. The van der Waals surface area contributed by atoms with Crippen LogP contribution in [0.4, 0.5) is 13.2 Å². The number of alkyl halides is 3. The molecule has 0 saturated carbocycles. The van der Waals surface area contributed by atoms with Crippen molar-refractivity contribution in [1.82, 2.24) is 0 Å². The van der Waals surface area contributed by atoms with Gasteiger partial charge in [0.25, 0.3) is 0 Å². The first-order valence-electron chi connectivity index (χ1n) is 5.95. The van der Waals surface area contributed by atoms with Crippen molar-refractivity contribution in [2.75, 3.05) is 0 Å². The molecule has 0 bridgehead atoms. The summed E-state index contributed by atoms with van der Waals surface area (Å²) >= 11 is 5.92. The molecule has 0 heterocycles. The van der Waals surface area contributed by atoms with Crippen LogP contribution >= 0.6 is 11.6 Å². The summed E-state index contributed by atoms with van der Waals surface area (Å²) in [6, 6.07) is 11.7. The van der Waals surface area contributed by atoms with E-state index in [1.807, 2.05) is 0 Å². The third kappa shape index (κ3) is 4.49. The monoisotopic (exact) mass is 312 g/mol. The van der Waals surface area contributed by atoms with Crippen LogP contribution in [-0.4, -0.2) is 6.21 Å². The van der Waals surface area contributed by atoms with Gasteiger partial charge < -0.3 is 4.84 Å². The van der Waals surface area contributed by atoms with E-state index < -0.39 is 11.7 Å². The summed E-state index contributed by atoms with van der Waals surface area (Å²) in [6.07, 6.45) is -1.99. The Hall–Kier alpha value is -2.01. The third-order valence-corrected chi connectivity index (χ3v) is 2.98. The smallest absolute Gasteiger partial charge is 0.390 e. The van der Waals surface area contributed by atoms with Crippen LogP contribution in [-0.2, 0) is 17.6 Å². The standard InChI is InChI=1S/C15H10ClF3NO/c16-14-7-2-1-5-12(14)10-21-20-9-11-4-3-6-13(8-11)15(17,18)19/h1-8H,10H2. The lowest BCUT2D eigenvalue weighted by Gasteiger charge is -2.06. The molecule has 0 spiro atoms. The van der Waals surface area contributed by atoms with E-state index >= 15 is 0 Å². The summed E-state index contributed by atoms with van der Waals surface area (Å²) in [7, 11) is 0. The normalized spacial score (nSPS) is 11.8. The predicted molar refractivity (Wildman–Crippen MR) is 74.2 cm³/mol.